The van der Waals surface area contributed by atoms with Crippen LogP contribution in [0.3, 0.4) is 0 Å². The lowest BCUT2D eigenvalue weighted by molar-refractivity contribution is 0.275. The maximum atomic E-state index is 5.98. The maximum absolute atomic E-state index is 5.98. The van der Waals surface area contributed by atoms with E-state index in [0.717, 1.165) is 6.54 Å². The summed E-state index contributed by atoms with van der Waals surface area (Å²) in [5.41, 5.74) is 0. The lowest BCUT2D eigenvalue weighted by atomic mass is 10.3. The minimum absolute atomic E-state index is 0.243. The lowest BCUT2D eigenvalue weighted by Crippen LogP contribution is -2.31. The van der Waals surface area contributed by atoms with Gasteiger partial charge in [-0.2, -0.15) is 0 Å². The fraction of sp³-hybridized carbons (Fsp3) is 0.455. The Balaban J connectivity index is 2.67. The molecule has 0 amide bonds. The molecule has 0 spiro atoms. The molecule has 16 heavy (non-hydrogen) atoms. The molecule has 0 aliphatic heterocycles. The van der Waals surface area contributed by atoms with E-state index < -0.39 is 0 Å². The Morgan fingerprint density at radius 1 is 1.25 bits per heavy atom. The van der Waals surface area contributed by atoms with E-state index in [1.165, 1.54) is 0 Å². The minimum atomic E-state index is 0.243. The summed E-state index contributed by atoms with van der Waals surface area (Å²) in [6, 6.07) is 3.47. The third-order valence-electron chi connectivity index (χ3n) is 1.99. The fourth-order valence-corrected chi connectivity index (χ4v) is 2.21. The summed E-state index contributed by atoms with van der Waals surface area (Å²) < 4.78 is 5.55. The molecule has 1 aromatic rings. The molecule has 0 heterocycles. The number of benzene rings is 1. The topological polar surface area (TPSA) is 21.3 Å². The van der Waals surface area contributed by atoms with Crippen LogP contribution in [0.5, 0.6) is 5.75 Å². The van der Waals surface area contributed by atoms with Gasteiger partial charge in [-0.1, -0.05) is 41.7 Å². The van der Waals surface area contributed by atoms with Crippen molar-refractivity contribution in [2.45, 2.75) is 19.9 Å². The Morgan fingerprint density at radius 3 is 2.31 bits per heavy atom. The first-order chi connectivity index (χ1) is 7.54. The molecule has 1 unspecified atom stereocenters. The van der Waals surface area contributed by atoms with E-state index in [2.05, 4.69) is 5.32 Å². The largest absolute Gasteiger partial charge is 0.489 e. The van der Waals surface area contributed by atoms with Crippen molar-refractivity contribution < 1.29 is 4.74 Å². The Kier molecular flexibility index (Phi) is 5.70. The number of rotatable bonds is 5. The van der Waals surface area contributed by atoms with Crippen LogP contribution in [0, 0.1) is 0 Å². The van der Waals surface area contributed by atoms with Crippen molar-refractivity contribution in [2.75, 3.05) is 13.2 Å². The maximum Gasteiger partial charge on any atom is 0.156 e. The zero-order chi connectivity index (χ0) is 12.1. The molecule has 0 aliphatic carbocycles. The summed E-state index contributed by atoms with van der Waals surface area (Å²) in [6.45, 7) is 5.47. The molecule has 0 bridgehead atoms. The highest BCUT2D eigenvalue weighted by atomic mass is 35.5. The van der Waals surface area contributed by atoms with E-state index >= 15 is 0 Å². The second-order valence-corrected chi connectivity index (χ2v) is 4.72. The van der Waals surface area contributed by atoms with Crippen LogP contribution in [0.1, 0.15) is 13.8 Å². The SMILES string of the molecule is CCNC(C)COc1c(Cl)cc(Cl)cc1Cl. The molecule has 0 radical (unpaired) electrons. The van der Waals surface area contributed by atoms with Gasteiger partial charge in [0.1, 0.15) is 6.61 Å². The molecular weight excluding hydrogens is 268 g/mol. The summed E-state index contributed by atoms with van der Waals surface area (Å²) in [5.74, 6) is 0.484. The molecule has 5 heteroatoms. The van der Waals surface area contributed by atoms with E-state index in [1.807, 2.05) is 13.8 Å². The van der Waals surface area contributed by atoms with Gasteiger partial charge in [0, 0.05) is 11.1 Å². The fourth-order valence-electron chi connectivity index (χ4n) is 1.28. The van der Waals surface area contributed by atoms with E-state index in [1.54, 1.807) is 12.1 Å². The molecule has 1 rings (SSSR count). The normalized spacial score (nSPS) is 12.6. The van der Waals surface area contributed by atoms with E-state index in [9.17, 15) is 0 Å². The number of halogens is 3. The molecule has 0 fully saturated rings. The molecule has 0 saturated heterocycles. The van der Waals surface area contributed by atoms with Crippen LogP contribution in [-0.2, 0) is 0 Å². The first-order valence-electron chi connectivity index (χ1n) is 5.05. The van der Waals surface area contributed by atoms with Gasteiger partial charge in [-0.25, -0.2) is 0 Å². The molecule has 0 aliphatic rings. The highest BCUT2D eigenvalue weighted by Crippen LogP contribution is 2.35. The van der Waals surface area contributed by atoms with Gasteiger partial charge in [0.2, 0.25) is 0 Å². The molecule has 1 aromatic carbocycles. The summed E-state index contributed by atoms with van der Waals surface area (Å²) >= 11 is 17.8. The highest BCUT2D eigenvalue weighted by molar-refractivity contribution is 6.40. The molecular formula is C11H14Cl3NO. The summed E-state index contributed by atoms with van der Waals surface area (Å²) in [4.78, 5) is 0. The monoisotopic (exact) mass is 281 g/mol. The predicted molar refractivity (Wildman–Crippen MR) is 70.1 cm³/mol. The quantitative estimate of drug-likeness (QED) is 0.880. The summed E-state index contributed by atoms with van der Waals surface area (Å²) in [6.07, 6.45) is 0. The van der Waals surface area contributed by atoms with Crippen molar-refractivity contribution in [1.29, 1.82) is 0 Å². The van der Waals surface area contributed by atoms with E-state index in [0.29, 0.717) is 27.4 Å². The molecule has 0 saturated carbocycles. The van der Waals surface area contributed by atoms with Crippen LogP contribution in [0.25, 0.3) is 0 Å². The molecule has 1 atom stereocenters. The van der Waals surface area contributed by atoms with Crippen molar-refractivity contribution in [3.63, 3.8) is 0 Å². The third-order valence-corrected chi connectivity index (χ3v) is 2.77. The van der Waals surface area contributed by atoms with Crippen LogP contribution in [0.2, 0.25) is 15.1 Å². The van der Waals surface area contributed by atoms with Crippen LogP contribution in [0.4, 0.5) is 0 Å². The van der Waals surface area contributed by atoms with Crippen LogP contribution >= 0.6 is 34.8 Å². The lowest BCUT2D eigenvalue weighted by Gasteiger charge is -2.15. The first-order valence-corrected chi connectivity index (χ1v) is 6.18. The first kappa shape index (κ1) is 13.9. The van der Waals surface area contributed by atoms with Gasteiger partial charge in [-0.05, 0) is 25.6 Å². The molecule has 2 nitrogen and oxygen atoms in total. The van der Waals surface area contributed by atoms with Gasteiger partial charge >= 0.3 is 0 Å². The standard InChI is InChI=1S/C11H14Cl3NO/c1-3-15-7(2)6-16-11-9(13)4-8(12)5-10(11)14/h4-5,7,15H,3,6H2,1-2H3. The summed E-state index contributed by atoms with van der Waals surface area (Å²) in [5, 5.41) is 4.59. The number of nitrogens with one attached hydrogen (secondary N) is 1. The minimum Gasteiger partial charge on any atom is -0.489 e. The Morgan fingerprint density at radius 2 is 1.81 bits per heavy atom. The van der Waals surface area contributed by atoms with E-state index in [-0.39, 0.29) is 6.04 Å². The second kappa shape index (κ2) is 6.55. The van der Waals surface area contributed by atoms with Crippen molar-refractivity contribution >= 4 is 34.8 Å². The van der Waals surface area contributed by atoms with Crippen LogP contribution < -0.4 is 10.1 Å². The van der Waals surface area contributed by atoms with Crippen molar-refractivity contribution in [3.8, 4) is 5.75 Å². The molecule has 1 N–H and O–H groups in total. The second-order valence-electron chi connectivity index (χ2n) is 3.47. The van der Waals surface area contributed by atoms with Crippen molar-refractivity contribution in [3.05, 3.63) is 27.2 Å². The Bertz CT molecular complexity index is 334. The molecule has 90 valence electrons. The summed E-state index contributed by atoms with van der Waals surface area (Å²) in [7, 11) is 0. The van der Waals surface area contributed by atoms with Crippen LogP contribution in [0.15, 0.2) is 12.1 Å². The van der Waals surface area contributed by atoms with Crippen molar-refractivity contribution in [1.82, 2.24) is 5.32 Å². The van der Waals surface area contributed by atoms with Gasteiger partial charge < -0.3 is 10.1 Å². The number of hydrogen-bond donors (Lipinski definition) is 1. The zero-order valence-electron chi connectivity index (χ0n) is 9.19. The average Bonchev–Trinajstić information content (AvgIpc) is 2.16. The number of hydrogen-bond acceptors (Lipinski definition) is 2. The van der Waals surface area contributed by atoms with Gasteiger partial charge in [0.25, 0.3) is 0 Å². The Hall–Kier alpha value is -0.150. The predicted octanol–water partition coefficient (Wildman–Crippen LogP) is 4.02. The average molecular weight is 283 g/mol. The van der Waals surface area contributed by atoms with Crippen LogP contribution in [-0.4, -0.2) is 19.2 Å². The van der Waals surface area contributed by atoms with E-state index in [4.69, 9.17) is 39.5 Å². The number of ether oxygens (including phenoxy) is 1. The van der Waals surface area contributed by atoms with Gasteiger partial charge in [-0.15, -0.1) is 0 Å². The van der Waals surface area contributed by atoms with Gasteiger partial charge in [-0.3, -0.25) is 0 Å². The van der Waals surface area contributed by atoms with Gasteiger partial charge in [0.15, 0.2) is 5.75 Å². The van der Waals surface area contributed by atoms with Gasteiger partial charge in [0.05, 0.1) is 10.0 Å². The van der Waals surface area contributed by atoms with Crippen molar-refractivity contribution in [2.24, 2.45) is 0 Å². The Labute approximate surface area is 111 Å². The smallest absolute Gasteiger partial charge is 0.156 e. The zero-order valence-corrected chi connectivity index (χ0v) is 11.5. The molecule has 0 aromatic heterocycles. The highest BCUT2D eigenvalue weighted by Gasteiger charge is 2.10. The third kappa shape index (κ3) is 4.02. The number of likely N-dealkylation sites (N-methyl/N-ethyl adjacent to an activating group) is 1.